The number of aliphatic hydroxyl groups is 2. The van der Waals surface area contributed by atoms with Crippen molar-refractivity contribution in [3.63, 3.8) is 0 Å². The summed E-state index contributed by atoms with van der Waals surface area (Å²) in [6.07, 6.45) is 6.98. The number of phenols is 2. The molecule has 240 valence electrons. The molecule has 0 radical (unpaired) electrons. The zero-order chi connectivity index (χ0) is 33.4. The lowest BCUT2D eigenvalue weighted by molar-refractivity contribution is -0.208. The molecule has 5 atom stereocenters. The maximum absolute atomic E-state index is 15.0. The first kappa shape index (κ1) is 35.1. The first-order valence-electron chi connectivity index (χ1n) is 15.6. The number of carbonyl (C=O) groups excluding carboxylic acids is 2. The molecule has 2 bridgehead atoms. The van der Waals surface area contributed by atoms with Gasteiger partial charge in [0.15, 0.2) is 23.1 Å². The standard InChI is InChI=1S/C38H52O6/c1-22(2)11-13-27(25(7)8)20-37-21-28(15-12-23(3)4)36(9,10)38(35(37)44,18-17-24(5)6)34(43)31(33(37)42)32(41)26-14-16-29(39)30(40)19-26/h11-12,14,16-17,19,27-28,35,39-41,44H,7,13,15,18,20-21H2,1-6,8-10H3. The zero-order valence-electron chi connectivity index (χ0n) is 28.0. The second kappa shape index (κ2) is 12.9. The number of aliphatic hydroxyl groups excluding tert-OH is 2. The lowest BCUT2D eigenvalue weighted by Crippen LogP contribution is -2.71. The van der Waals surface area contributed by atoms with E-state index in [0.29, 0.717) is 19.3 Å². The number of Topliss-reactive ketones (excluding diaryl/α,β-unsaturated/α-hetero) is 2. The van der Waals surface area contributed by atoms with Gasteiger partial charge in [0.1, 0.15) is 11.3 Å². The van der Waals surface area contributed by atoms with Crippen molar-refractivity contribution in [3.05, 3.63) is 76.4 Å². The van der Waals surface area contributed by atoms with E-state index < -0.39 is 45.4 Å². The molecular weight excluding hydrogens is 552 g/mol. The van der Waals surface area contributed by atoms with Gasteiger partial charge in [-0.2, -0.15) is 0 Å². The number of rotatable bonds is 10. The molecule has 0 aromatic heterocycles. The van der Waals surface area contributed by atoms with Crippen molar-refractivity contribution in [2.45, 2.75) is 101 Å². The van der Waals surface area contributed by atoms with Crippen LogP contribution in [0.4, 0.5) is 0 Å². The molecule has 0 heterocycles. The number of fused-ring (bicyclic) bond motifs is 2. The minimum atomic E-state index is -1.42. The van der Waals surface area contributed by atoms with Crippen LogP contribution in [0.2, 0.25) is 0 Å². The Morgan fingerprint density at radius 1 is 0.932 bits per heavy atom. The number of ketones is 2. The van der Waals surface area contributed by atoms with Crippen LogP contribution in [0, 0.1) is 28.1 Å². The van der Waals surface area contributed by atoms with Crippen LogP contribution >= 0.6 is 0 Å². The van der Waals surface area contributed by atoms with Gasteiger partial charge >= 0.3 is 0 Å². The van der Waals surface area contributed by atoms with Gasteiger partial charge in [0.05, 0.1) is 16.9 Å². The van der Waals surface area contributed by atoms with Crippen LogP contribution in [0.15, 0.2) is 70.9 Å². The Balaban J connectivity index is 2.46. The summed E-state index contributed by atoms with van der Waals surface area (Å²) in [6, 6.07) is 3.71. The summed E-state index contributed by atoms with van der Waals surface area (Å²) >= 11 is 0. The number of carbonyl (C=O) groups is 2. The van der Waals surface area contributed by atoms with Crippen molar-refractivity contribution < 1.29 is 30.0 Å². The van der Waals surface area contributed by atoms with Gasteiger partial charge in [0.25, 0.3) is 0 Å². The third kappa shape index (κ3) is 6.10. The summed E-state index contributed by atoms with van der Waals surface area (Å²) in [6.45, 7) is 22.2. The number of hydrogen-bond acceptors (Lipinski definition) is 6. The van der Waals surface area contributed by atoms with Crippen LogP contribution in [0.25, 0.3) is 5.76 Å². The SMILES string of the molecule is C=C(C)C(CC=C(C)C)CC12CC(CC=C(C)C)C(C)(C)C(CC=C(C)C)(C(=O)C(=C(O)c3ccc(O)c(O)c3)C1=O)C2O. The molecule has 44 heavy (non-hydrogen) atoms. The molecule has 0 aliphatic heterocycles. The van der Waals surface area contributed by atoms with E-state index in [-0.39, 0.29) is 41.6 Å². The van der Waals surface area contributed by atoms with Gasteiger partial charge in [-0.15, -0.1) is 0 Å². The predicted molar refractivity (Wildman–Crippen MR) is 177 cm³/mol. The molecule has 4 N–H and O–H groups in total. The maximum Gasteiger partial charge on any atom is 0.179 e. The van der Waals surface area contributed by atoms with Crippen LogP contribution < -0.4 is 0 Å². The first-order valence-corrected chi connectivity index (χ1v) is 15.6. The third-order valence-corrected chi connectivity index (χ3v) is 10.3. The first-order chi connectivity index (χ1) is 20.3. The van der Waals surface area contributed by atoms with E-state index in [9.17, 15) is 30.0 Å². The van der Waals surface area contributed by atoms with Gasteiger partial charge < -0.3 is 20.4 Å². The Bertz CT molecular complexity index is 1440. The van der Waals surface area contributed by atoms with Crippen LogP contribution in [0.3, 0.4) is 0 Å². The van der Waals surface area contributed by atoms with Gasteiger partial charge in [0, 0.05) is 5.56 Å². The maximum atomic E-state index is 15.0. The summed E-state index contributed by atoms with van der Waals surface area (Å²) in [5.41, 5.74) is 0.253. The van der Waals surface area contributed by atoms with Crippen molar-refractivity contribution in [2.75, 3.05) is 0 Å². The molecule has 1 aromatic rings. The van der Waals surface area contributed by atoms with Crippen LogP contribution in [-0.4, -0.2) is 38.1 Å². The molecular formula is C38H52O6. The minimum absolute atomic E-state index is 0.0406. The lowest BCUT2D eigenvalue weighted by Gasteiger charge is -2.65. The largest absolute Gasteiger partial charge is 0.506 e. The second-order valence-electron chi connectivity index (χ2n) is 14.5. The van der Waals surface area contributed by atoms with E-state index >= 15 is 0 Å². The summed E-state index contributed by atoms with van der Waals surface area (Å²) < 4.78 is 0. The Morgan fingerprint density at radius 3 is 2.05 bits per heavy atom. The highest BCUT2D eigenvalue weighted by atomic mass is 16.3. The van der Waals surface area contributed by atoms with E-state index in [1.807, 2.05) is 68.4 Å². The van der Waals surface area contributed by atoms with Crippen molar-refractivity contribution in [3.8, 4) is 11.5 Å². The topological polar surface area (TPSA) is 115 Å². The van der Waals surface area contributed by atoms with Crippen molar-refractivity contribution in [1.29, 1.82) is 0 Å². The summed E-state index contributed by atoms with van der Waals surface area (Å²) in [5, 5.41) is 44.4. The molecule has 6 nitrogen and oxygen atoms in total. The fourth-order valence-corrected chi connectivity index (χ4v) is 7.39. The number of phenolic OH excluding ortho intramolecular Hbond substituents is 2. The summed E-state index contributed by atoms with van der Waals surface area (Å²) in [4.78, 5) is 29.9. The average Bonchev–Trinajstić information content (AvgIpc) is 2.91. The highest BCUT2D eigenvalue weighted by Crippen LogP contribution is 2.68. The number of aromatic hydroxyl groups is 2. The van der Waals surface area contributed by atoms with E-state index in [1.165, 1.54) is 12.1 Å². The molecule has 0 spiro atoms. The molecule has 5 unspecified atom stereocenters. The third-order valence-electron chi connectivity index (χ3n) is 10.3. The smallest absolute Gasteiger partial charge is 0.179 e. The fraction of sp³-hybridized carbons (Fsp3) is 0.526. The zero-order valence-corrected chi connectivity index (χ0v) is 28.0. The quantitative estimate of drug-likeness (QED) is 0.0699. The molecule has 2 aliphatic rings. The molecule has 1 aromatic carbocycles. The number of allylic oxidation sites excluding steroid dienone is 8. The van der Waals surface area contributed by atoms with Crippen LogP contribution in [-0.2, 0) is 9.59 Å². The van der Waals surface area contributed by atoms with Gasteiger partial charge in [-0.05, 0) is 116 Å². The van der Waals surface area contributed by atoms with E-state index in [2.05, 4.69) is 18.7 Å². The number of benzene rings is 1. The number of hydrogen-bond donors (Lipinski definition) is 4. The fourth-order valence-electron chi connectivity index (χ4n) is 7.39. The molecule has 3 rings (SSSR count). The Labute approximate surface area is 263 Å². The highest BCUT2D eigenvalue weighted by molar-refractivity contribution is 6.30. The molecule has 0 amide bonds. The Hall–Kier alpha value is -3.38. The molecule has 2 fully saturated rings. The minimum Gasteiger partial charge on any atom is -0.506 e. The second-order valence-corrected chi connectivity index (χ2v) is 14.5. The molecule has 2 saturated carbocycles. The molecule has 0 saturated heterocycles. The van der Waals surface area contributed by atoms with Crippen molar-refractivity contribution in [2.24, 2.45) is 28.1 Å². The van der Waals surface area contributed by atoms with Gasteiger partial charge in [0.2, 0.25) is 0 Å². The van der Waals surface area contributed by atoms with Gasteiger partial charge in [-0.25, -0.2) is 0 Å². The normalized spacial score (nSPS) is 27.7. The van der Waals surface area contributed by atoms with Crippen molar-refractivity contribution >= 4 is 17.3 Å². The van der Waals surface area contributed by atoms with E-state index in [0.717, 1.165) is 28.4 Å². The van der Waals surface area contributed by atoms with Gasteiger partial charge in [-0.1, -0.05) is 60.9 Å². The summed E-state index contributed by atoms with van der Waals surface area (Å²) in [7, 11) is 0. The lowest BCUT2D eigenvalue weighted by atomic mass is 9.37. The van der Waals surface area contributed by atoms with Crippen LogP contribution in [0.1, 0.15) is 100.0 Å². The Morgan fingerprint density at radius 2 is 1.52 bits per heavy atom. The van der Waals surface area contributed by atoms with E-state index in [4.69, 9.17) is 0 Å². The van der Waals surface area contributed by atoms with Crippen molar-refractivity contribution in [1.82, 2.24) is 0 Å². The average molecular weight is 605 g/mol. The van der Waals surface area contributed by atoms with Gasteiger partial charge in [-0.3, -0.25) is 9.59 Å². The molecule has 2 aliphatic carbocycles. The Kier molecular flexibility index (Phi) is 10.3. The monoisotopic (exact) mass is 604 g/mol. The highest BCUT2D eigenvalue weighted by Gasteiger charge is 2.73. The molecule has 6 heteroatoms. The summed E-state index contributed by atoms with van der Waals surface area (Å²) in [5.74, 6) is -2.85. The predicted octanol–water partition coefficient (Wildman–Crippen LogP) is 8.55. The van der Waals surface area contributed by atoms with E-state index in [1.54, 1.807) is 0 Å². The van der Waals surface area contributed by atoms with Crippen LogP contribution in [0.5, 0.6) is 11.5 Å².